The predicted molar refractivity (Wildman–Crippen MR) is 125 cm³/mol. The van der Waals surface area contributed by atoms with Crippen LogP contribution in [0, 0.1) is 0 Å². The Hall–Kier alpha value is -3.67. The number of benzene rings is 2. The second-order valence-electron chi connectivity index (χ2n) is 7.98. The van der Waals surface area contributed by atoms with Crippen molar-refractivity contribution in [2.24, 2.45) is 0 Å². The van der Waals surface area contributed by atoms with Gasteiger partial charge in [-0.25, -0.2) is 4.98 Å². The highest BCUT2D eigenvalue weighted by Crippen LogP contribution is 2.30. The maximum absolute atomic E-state index is 13.3. The minimum absolute atomic E-state index is 0.0216. The smallest absolute Gasteiger partial charge is 0.243 e. The fourth-order valence-corrected chi connectivity index (χ4v) is 4.25. The molecular weight excluding hydrogens is 400 g/mol. The van der Waals surface area contributed by atoms with Crippen molar-refractivity contribution in [1.29, 1.82) is 0 Å². The van der Waals surface area contributed by atoms with Crippen LogP contribution in [0.2, 0.25) is 0 Å². The lowest BCUT2D eigenvalue weighted by Crippen LogP contribution is -2.46. The zero-order chi connectivity index (χ0) is 22.2. The molecule has 1 aromatic heterocycles. The molecule has 32 heavy (non-hydrogen) atoms. The summed E-state index contributed by atoms with van der Waals surface area (Å²) in [5, 5.41) is 2.93. The first-order chi connectivity index (χ1) is 15.7. The highest BCUT2D eigenvalue weighted by Gasteiger charge is 2.34. The Morgan fingerprint density at radius 3 is 2.41 bits per heavy atom. The molecule has 1 aliphatic rings. The van der Waals surface area contributed by atoms with Gasteiger partial charge < -0.3 is 15.2 Å². The van der Waals surface area contributed by atoms with E-state index in [1.807, 2.05) is 48.6 Å². The lowest BCUT2D eigenvalue weighted by atomic mass is 9.88. The molecule has 0 saturated carbocycles. The number of amides is 2. The molecule has 0 unspecified atom stereocenters. The molecule has 0 aliphatic carbocycles. The third-order valence-electron chi connectivity index (χ3n) is 5.87. The quantitative estimate of drug-likeness (QED) is 0.574. The lowest BCUT2D eigenvalue weighted by molar-refractivity contribution is -0.138. The molecule has 1 fully saturated rings. The molecule has 0 bridgehead atoms. The van der Waals surface area contributed by atoms with Crippen molar-refractivity contribution in [3.05, 3.63) is 96.1 Å². The molecule has 0 spiro atoms. The number of rotatable bonds is 8. The number of nitrogens with zero attached hydrogens (tertiary/aromatic N) is 2. The molecule has 1 atom stereocenters. The Balaban J connectivity index is 1.41. The normalized spacial score (nSPS) is 16.0. The standard InChI is InChI=1S/C26H28N4O2/c31-25(17-23(20-9-3-1-4-10-20)21-11-5-2-6-12-21)30-16-8-14-24(30)26(32)28-15-7-13-22-18-27-19-29-22/h1-7,9-13,18-19,23-24H,8,14-17H2,(H,27,29)(H,28,32)/b13-7+/t24-/m0/s1. The van der Waals surface area contributed by atoms with Gasteiger partial charge >= 0.3 is 0 Å². The molecule has 3 aromatic rings. The monoisotopic (exact) mass is 428 g/mol. The van der Waals surface area contributed by atoms with E-state index in [0.717, 1.165) is 23.2 Å². The summed E-state index contributed by atoms with van der Waals surface area (Å²) in [6.07, 6.45) is 8.95. The summed E-state index contributed by atoms with van der Waals surface area (Å²) in [6, 6.07) is 19.8. The van der Waals surface area contributed by atoms with E-state index in [9.17, 15) is 9.59 Å². The molecular formula is C26H28N4O2. The van der Waals surface area contributed by atoms with E-state index < -0.39 is 6.04 Å². The van der Waals surface area contributed by atoms with Gasteiger partial charge in [-0.3, -0.25) is 9.59 Å². The molecule has 2 amide bonds. The van der Waals surface area contributed by atoms with Gasteiger partial charge in [-0.2, -0.15) is 0 Å². The first-order valence-corrected chi connectivity index (χ1v) is 11.0. The lowest BCUT2D eigenvalue weighted by Gasteiger charge is -2.26. The van der Waals surface area contributed by atoms with Crippen LogP contribution in [-0.2, 0) is 9.59 Å². The van der Waals surface area contributed by atoms with Crippen LogP contribution in [0.5, 0.6) is 0 Å². The minimum Gasteiger partial charge on any atom is -0.351 e. The number of aromatic nitrogens is 2. The van der Waals surface area contributed by atoms with Crippen molar-refractivity contribution in [3.63, 3.8) is 0 Å². The second kappa shape index (κ2) is 10.6. The Morgan fingerprint density at radius 1 is 1.09 bits per heavy atom. The first kappa shape index (κ1) is 21.6. The van der Waals surface area contributed by atoms with Gasteiger partial charge in [-0.05, 0) is 30.0 Å². The average molecular weight is 429 g/mol. The number of carbonyl (C=O) groups excluding carboxylic acids is 2. The van der Waals surface area contributed by atoms with E-state index in [-0.39, 0.29) is 17.7 Å². The van der Waals surface area contributed by atoms with Crippen LogP contribution in [-0.4, -0.2) is 45.8 Å². The molecule has 6 heteroatoms. The van der Waals surface area contributed by atoms with Gasteiger partial charge in [0.2, 0.25) is 11.8 Å². The number of carbonyl (C=O) groups is 2. The Kier molecular flexibility index (Phi) is 7.12. The minimum atomic E-state index is -0.407. The van der Waals surface area contributed by atoms with Crippen LogP contribution in [0.4, 0.5) is 0 Å². The highest BCUT2D eigenvalue weighted by molar-refractivity contribution is 5.88. The molecule has 6 nitrogen and oxygen atoms in total. The second-order valence-corrected chi connectivity index (χ2v) is 7.98. The van der Waals surface area contributed by atoms with Crippen molar-refractivity contribution in [2.75, 3.05) is 13.1 Å². The van der Waals surface area contributed by atoms with Crippen LogP contribution >= 0.6 is 0 Å². The van der Waals surface area contributed by atoms with Gasteiger partial charge in [-0.15, -0.1) is 0 Å². The maximum atomic E-state index is 13.3. The van der Waals surface area contributed by atoms with Crippen molar-refractivity contribution < 1.29 is 9.59 Å². The predicted octanol–water partition coefficient (Wildman–Crippen LogP) is 3.75. The summed E-state index contributed by atoms with van der Waals surface area (Å²) in [4.78, 5) is 34.8. The molecule has 164 valence electrons. The molecule has 2 heterocycles. The Labute approximate surface area is 188 Å². The van der Waals surface area contributed by atoms with E-state index in [2.05, 4.69) is 39.6 Å². The van der Waals surface area contributed by atoms with Gasteiger partial charge in [0.15, 0.2) is 0 Å². The van der Waals surface area contributed by atoms with E-state index in [1.165, 1.54) is 0 Å². The van der Waals surface area contributed by atoms with Gasteiger partial charge in [0.1, 0.15) is 6.04 Å². The van der Waals surface area contributed by atoms with Gasteiger partial charge in [0.25, 0.3) is 0 Å². The summed E-state index contributed by atoms with van der Waals surface area (Å²) >= 11 is 0. The van der Waals surface area contributed by atoms with Crippen LogP contribution in [0.25, 0.3) is 6.08 Å². The Morgan fingerprint density at radius 2 is 1.78 bits per heavy atom. The van der Waals surface area contributed by atoms with Crippen molar-refractivity contribution in [2.45, 2.75) is 31.2 Å². The van der Waals surface area contributed by atoms with E-state index in [0.29, 0.717) is 25.9 Å². The van der Waals surface area contributed by atoms with E-state index in [1.54, 1.807) is 17.4 Å². The van der Waals surface area contributed by atoms with E-state index >= 15 is 0 Å². The largest absolute Gasteiger partial charge is 0.351 e. The summed E-state index contributed by atoms with van der Waals surface area (Å²) in [7, 11) is 0. The third-order valence-corrected chi connectivity index (χ3v) is 5.87. The molecule has 2 N–H and O–H groups in total. The molecule has 1 aliphatic heterocycles. The van der Waals surface area contributed by atoms with Crippen LogP contribution in [0.15, 0.2) is 79.3 Å². The summed E-state index contributed by atoms with van der Waals surface area (Å²) in [5.74, 6) is -0.110. The van der Waals surface area contributed by atoms with Crippen LogP contribution in [0.1, 0.15) is 42.0 Å². The van der Waals surface area contributed by atoms with Crippen molar-refractivity contribution in [1.82, 2.24) is 20.2 Å². The average Bonchev–Trinajstić information content (AvgIpc) is 3.53. The van der Waals surface area contributed by atoms with Crippen molar-refractivity contribution in [3.8, 4) is 0 Å². The zero-order valence-electron chi connectivity index (χ0n) is 18.0. The Bertz CT molecular complexity index is 993. The third kappa shape index (κ3) is 5.32. The summed E-state index contributed by atoms with van der Waals surface area (Å²) in [6.45, 7) is 1.03. The fraction of sp³-hybridized carbons (Fsp3) is 0.269. The van der Waals surface area contributed by atoms with Crippen LogP contribution < -0.4 is 5.32 Å². The van der Waals surface area contributed by atoms with Gasteiger partial charge in [-0.1, -0.05) is 66.7 Å². The number of imidazole rings is 1. The van der Waals surface area contributed by atoms with Gasteiger partial charge in [0.05, 0.1) is 18.2 Å². The number of aromatic amines is 1. The van der Waals surface area contributed by atoms with Crippen molar-refractivity contribution >= 4 is 17.9 Å². The molecule has 4 rings (SSSR count). The van der Waals surface area contributed by atoms with E-state index in [4.69, 9.17) is 0 Å². The topological polar surface area (TPSA) is 78.1 Å². The van der Waals surface area contributed by atoms with Gasteiger partial charge in [0, 0.05) is 25.4 Å². The molecule has 2 aromatic carbocycles. The maximum Gasteiger partial charge on any atom is 0.243 e. The number of hydrogen-bond donors (Lipinski definition) is 2. The highest BCUT2D eigenvalue weighted by atomic mass is 16.2. The first-order valence-electron chi connectivity index (χ1n) is 11.0. The summed E-state index contributed by atoms with van der Waals surface area (Å²) < 4.78 is 0. The number of H-pyrrole nitrogens is 1. The zero-order valence-corrected chi connectivity index (χ0v) is 18.0. The summed E-state index contributed by atoms with van der Waals surface area (Å²) in [5.41, 5.74) is 3.09. The molecule has 0 radical (unpaired) electrons. The number of hydrogen-bond acceptors (Lipinski definition) is 3. The fourth-order valence-electron chi connectivity index (χ4n) is 4.25. The number of likely N-dealkylation sites (tertiary alicyclic amines) is 1. The van der Waals surface area contributed by atoms with Crippen LogP contribution in [0.3, 0.4) is 0 Å². The number of nitrogens with one attached hydrogen (secondary N) is 2. The SMILES string of the molecule is O=C(NC/C=C/c1cnc[nH]1)[C@@H]1CCCN1C(=O)CC(c1ccccc1)c1ccccc1. The molecule has 1 saturated heterocycles.